The molecule has 0 spiro atoms. The number of aromatic nitrogens is 3. The van der Waals surface area contributed by atoms with Crippen LogP contribution >= 0.6 is 0 Å². The standard InChI is InChI=1S/C18H16N4O2/c23-14-5-4-13-17(21-15-3-1-2-10-22(13)15)16(14)18(24)20-11-12-6-8-19-9-7-12/h1-3,6-10,23H,4-5,11H2,(H,20,24). The third-order valence-electron chi connectivity index (χ3n) is 4.18. The summed E-state index contributed by atoms with van der Waals surface area (Å²) in [7, 11) is 0. The van der Waals surface area contributed by atoms with Crippen LogP contribution in [0.15, 0.2) is 54.7 Å². The topological polar surface area (TPSA) is 79.5 Å². The van der Waals surface area contributed by atoms with E-state index in [-0.39, 0.29) is 17.2 Å². The van der Waals surface area contributed by atoms with Crippen molar-refractivity contribution in [1.29, 1.82) is 0 Å². The molecule has 24 heavy (non-hydrogen) atoms. The Labute approximate surface area is 138 Å². The van der Waals surface area contributed by atoms with E-state index in [1.807, 2.05) is 40.9 Å². The van der Waals surface area contributed by atoms with E-state index in [2.05, 4.69) is 15.3 Å². The summed E-state index contributed by atoms with van der Waals surface area (Å²) in [6, 6.07) is 9.40. The third-order valence-corrected chi connectivity index (χ3v) is 4.18. The minimum Gasteiger partial charge on any atom is -0.511 e. The van der Waals surface area contributed by atoms with Gasteiger partial charge < -0.3 is 14.8 Å². The maximum Gasteiger partial charge on any atom is 0.257 e. The minimum absolute atomic E-state index is 0.0955. The van der Waals surface area contributed by atoms with E-state index in [0.29, 0.717) is 25.1 Å². The Kier molecular flexibility index (Phi) is 3.49. The number of aliphatic hydroxyl groups is 1. The molecule has 3 heterocycles. The molecule has 0 aliphatic heterocycles. The number of carbonyl (C=O) groups is 1. The summed E-state index contributed by atoms with van der Waals surface area (Å²) in [5, 5.41) is 13.1. The summed E-state index contributed by atoms with van der Waals surface area (Å²) >= 11 is 0. The number of aryl methyl sites for hydroxylation is 1. The first-order valence-corrected chi connectivity index (χ1v) is 7.79. The largest absolute Gasteiger partial charge is 0.511 e. The van der Waals surface area contributed by atoms with Crippen molar-refractivity contribution in [2.24, 2.45) is 0 Å². The summed E-state index contributed by atoms with van der Waals surface area (Å²) in [6.07, 6.45) is 6.38. The van der Waals surface area contributed by atoms with Crippen molar-refractivity contribution in [2.75, 3.05) is 0 Å². The molecule has 6 heteroatoms. The van der Waals surface area contributed by atoms with Gasteiger partial charge in [-0.2, -0.15) is 0 Å². The summed E-state index contributed by atoms with van der Waals surface area (Å²) in [6.45, 7) is 0.376. The monoisotopic (exact) mass is 320 g/mol. The molecule has 3 aromatic heterocycles. The van der Waals surface area contributed by atoms with Crippen molar-refractivity contribution in [3.63, 3.8) is 0 Å². The maximum atomic E-state index is 12.6. The lowest BCUT2D eigenvalue weighted by Crippen LogP contribution is -2.26. The molecule has 1 amide bonds. The molecule has 4 rings (SSSR count). The van der Waals surface area contributed by atoms with Crippen LogP contribution in [0.5, 0.6) is 0 Å². The highest BCUT2D eigenvalue weighted by molar-refractivity contribution is 6.20. The van der Waals surface area contributed by atoms with Gasteiger partial charge >= 0.3 is 0 Å². The molecule has 120 valence electrons. The Bertz CT molecular complexity index is 944. The third kappa shape index (κ3) is 2.42. The smallest absolute Gasteiger partial charge is 0.257 e. The van der Waals surface area contributed by atoms with Gasteiger partial charge in [0.1, 0.15) is 22.7 Å². The molecular weight excluding hydrogens is 304 g/mol. The number of carbonyl (C=O) groups excluding carboxylic acids is 1. The first kappa shape index (κ1) is 14.4. The Morgan fingerprint density at radius 3 is 2.88 bits per heavy atom. The number of hydrogen-bond acceptors (Lipinski definition) is 4. The van der Waals surface area contributed by atoms with Gasteiger partial charge in [-0.25, -0.2) is 4.98 Å². The average molecular weight is 320 g/mol. The summed E-state index contributed by atoms with van der Waals surface area (Å²) in [5.41, 5.74) is 3.52. The fourth-order valence-electron chi connectivity index (χ4n) is 2.99. The van der Waals surface area contributed by atoms with Gasteiger partial charge in [0.15, 0.2) is 0 Å². The number of nitrogens with one attached hydrogen (secondary N) is 1. The van der Waals surface area contributed by atoms with Crippen LogP contribution in [0.2, 0.25) is 0 Å². The number of aliphatic hydroxyl groups excluding tert-OH is 1. The minimum atomic E-state index is -0.311. The number of pyridine rings is 2. The van der Waals surface area contributed by atoms with Gasteiger partial charge in [0.2, 0.25) is 0 Å². The normalized spacial score (nSPS) is 13.8. The van der Waals surface area contributed by atoms with Crippen LogP contribution in [0.3, 0.4) is 0 Å². The Morgan fingerprint density at radius 2 is 2.04 bits per heavy atom. The van der Waals surface area contributed by atoms with Crippen LogP contribution in [0.25, 0.3) is 11.2 Å². The SMILES string of the molecule is O=C(NCc1ccncc1)C1=C(O)CCc2c1nc1ccccn21. The Balaban J connectivity index is 1.66. The highest BCUT2D eigenvalue weighted by Crippen LogP contribution is 2.30. The van der Waals surface area contributed by atoms with Crippen molar-refractivity contribution < 1.29 is 9.90 Å². The molecule has 1 aliphatic rings. The highest BCUT2D eigenvalue weighted by Gasteiger charge is 2.28. The van der Waals surface area contributed by atoms with E-state index in [1.165, 1.54) is 0 Å². The number of fused-ring (bicyclic) bond motifs is 3. The molecule has 0 bridgehead atoms. The number of hydrogen-bond donors (Lipinski definition) is 2. The van der Waals surface area contributed by atoms with Crippen LogP contribution in [0.1, 0.15) is 23.4 Å². The van der Waals surface area contributed by atoms with Crippen molar-refractivity contribution >= 4 is 17.1 Å². The zero-order valence-corrected chi connectivity index (χ0v) is 12.9. The summed E-state index contributed by atoms with van der Waals surface area (Å²) < 4.78 is 1.97. The van der Waals surface area contributed by atoms with Crippen LogP contribution in [-0.4, -0.2) is 25.4 Å². The van der Waals surface area contributed by atoms with E-state index in [0.717, 1.165) is 16.9 Å². The molecule has 3 aromatic rings. The lowest BCUT2D eigenvalue weighted by Gasteiger charge is -2.16. The van der Waals surface area contributed by atoms with Crippen molar-refractivity contribution in [3.8, 4) is 0 Å². The van der Waals surface area contributed by atoms with Crippen molar-refractivity contribution in [3.05, 3.63) is 71.6 Å². The van der Waals surface area contributed by atoms with E-state index in [1.54, 1.807) is 12.4 Å². The number of imidazole rings is 1. The zero-order valence-electron chi connectivity index (χ0n) is 12.9. The second-order valence-corrected chi connectivity index (χ2v) is 5.70. The number of nitrogens with zero attached hydrogens (tertiary/aromatic N) is 3. The van der Waals surface area contributed by atoms with Crippen molar-refractivity contribution in [1.82, 2.24) is 19.7 Å². The average Bonchev–Trinajstić information content (AvgIpc) is 2.99. The number of amides is 1. The fourth-order valence-corrected chi connectivity index (χ4v) is 2.99. The Morgan fingerprint density at radius 1 is 1.21 bits per heavy atom. The molecule has 0 unspecified atom stereocenters. The second-order valence-electron chi connectivity index (χ2n) is 5.70. The van der Waals surface area contributed by atoms with Crippen LogP contribution in [-0.2, 0) is 17.8 Å². The van der Waals surface area contributed by atoms with Gasteiger partial charge in [0.25, 0.3) is 5.91 Å². The molecular formula is C18H16N4O2. The quantitative estimate of drug-likeness (QED) is 0.776. The molecule has 0 saturated heterocycles. The van der Waals surface area contributed by atoms with Gasteiger partial charge in [-0.15, -0.1) is 0 Å². The molecule has 0 atom stereocenters. The number of rotatable bonds is 3. The first-order valence-electron chi connectivity index (χ1n) is 7.79. The molecule has 2 N–H and O–H groups in total. The van der Waals surface area contributed by atoms with Gasteiger partial charge in [-0.1, -0.05) is 6.07 Å². The van der Waals surface area contributed by atoms with Crippen LogP contribution < -0.4 is 5.32 Å². The van der Waals surface area contributed by atoms with E-state index >= 15 is 0 Å². The van der Waals surface area contributed by atoms with E-state index in [4.69, 9.17) is 0 Å². The fraction of sp³-hybridized carbons (Fsp3) is 0.167. The molecule has 0 saturated carbocycles. The van der Waals surface area contributed by atoms with Crippen molar-refractivity contribution in [2.45, 2.75) is 19.4 Å². The summed E-state index contributed by atoms with van der Waals surface area (Å²) in [4.78, 5) is 21.1. The van der Waals surface area contributed by atoms with Crippen LogP contribution in [0.4, 0.5) is 0 Å². The van der Waals surface area contributed by atoms with Gasteiger partial charge in [0, 0.05) is 31.6 Å². The molecule has 1 aliphatic carbocycles. The lowest BCUT2D eigenvalue weighted by molar-refractivity contribution is -0.115. The lowest BCUT2D eigenvalue weighted by atomic mass is 9.97. The zero-order chi connectivity index (χ0) is 16.5. The van der Waals surface area contributed by atoms with Crippen LogP contribution in [0, 0.1) is 0 Å². The molecule has 0 aromatic carbocycles. The second kappa shape index (κ2) is 5.81. The molecule has 6 nitrogen and oxygen atoms in total. The predicted molar refractivity (Wildman–Crippen MR) is 89.1 cm³/mol. The maximum absolute atomic E-state index is 12.6. The van der Waals surface area contributed by atoms with Gasteiger partial charge in [-0.3, -0.25) is 9.78 Å². The van der Waals surface area contributed by atoms with E-state index in [9.17, 15) is 9.90 Å². The number of allylic oxidation sites excluding steroid dienone is 1. The highest BCUT2D eigenvalue weighted by atomic mass is 16.3. The molecule has 0 fully saturated rings. The van der Waals surface area contributed by atoms with Gasteiger partial charge in [-0.05, 0) is 36.2 Å². The summed E-state index contributed by atoms with van der Waals surface area (Å²) in [5.74, 6) is -0.216. The first-order chi connectivity index (χ1) is 11.7. The molecule has 0 radical (unpaired) electrons. The van der Waals surface area contributed by atoms with E-state index < -0.39 is 0 Å². The van der Waals surface area contributed by atoms with Gasteiger partial charge in [0.05, 0.1) is 5.69 Å². The Hall–Kier alpha value is -3.15. The predicted octanol–water partition coefficient (Wildman–Crippen LogP) is 2.26.